The summed E-state index contributed by atoms with van der Waals surface area (Å²) < 4.78 is 18.2. The molecule has 5 rings (SSSR count). The van der Waals surface area contributed by atoms with Crippen molar-refractivity contribution in [2.45, 2.75) is 202 Å². The van der Waals surface area contributed by atoms with E-state index in [1.807, 2.05) is 117 Å². The van der Waals surface area contributed by atoms with E-state index >= 15 is 0 Å². The van der Waals surface area contributed by atoms with Crippen LogP contribution in [-0.2, 0) is 70.3 Å². The fourth-order valence-corrected chi connectivity index (χ4v) is 13.2. The quantitative estimate of drug-likeness (QED) is 0.0365. The molecule has 1 saturated heterocycles. The van der Waals surface area contributed by atoms with Crippen LogP contribution in [0.15, 0.2) is 84.9 Å². The first kappa shape index (κ1) is 79.2. The van der Waals surface area contributed by atoms with Gasteiger partial charge >= 0.3 is 5.97 Å². The number of likely N-dealkylation sites (N-methyl/N-ethyl adjacent to an activating group) is 2. The highest BCUT2D eigenvalue weighted by Gasteiger charge is 2.44. The Hall–Kier alpha value is -7.49. The van der Waals surface area contributed by atoms with Crippen LogP contribution in [0.3, 0.4) is 0 Å². The Morgan fingerprint density at radius 2 is 1.39 bits per heavy atom. The van der Waals surface area contributed by atoms with E-state index in [4.69, 9.17) is 14.2 Å². The molecular formula is C75H112N8O13. The number of hydrogen-bond donors (Lipinski definition) is 5. The smallest absolute Gasteiger partial charge is 0.326 e. The predicted octanol–water partition coefficient (Wildman–Crippen LogP) is 8.96. The SMILES string of the molecule is CCC(C)C(C(CC(=O)N1CCCC1C(OC)C(C)C(=O)NC(Cc1ccccc1)C(=O)O)OC)N(C)C(=O)C(NC(=O)C(C(C)C)N(C)C(=O)CCCC(=O)NCC(C)(C)COCC(C)(C)CC(=O)NCCC(=O)N1Cc2ccccc2C(C)C=Cc2ccccc21)C(C)C. The van der Waals surface area contributed by atoms with Crippen LogP contribution >= 0.6 is 0 Å². The molecule has 3 aromatic carbocycles. The summed E-state index contributed by atoms with van der Waals surface area (Å²) >= 11 is 0. The van der Waals surface area contributed by atoms with Gasteiger partial charge in [-0.15, -0.1) is 0 Å². The van der Waals surface area contributed by atoms with E-state index in [-0.39, 0.29) is 111 Å². The number of carbonyl (C=O) groups is 9. The molecule has 2 heterocycles. The van der Waals surface area contributed by atoms with Gasteiger partial charge in [0.25, 0.3) is 0 Å². The molecule has 21 nitrogen and oxygen atoms in total. The van der Waals surface area contributed by atoms with Crippen molar-refractivity contribution in [3.8, 4) is 0 Å². The second-order valence-corrected chi connectivity index (χ2v) is 28.7. The molecule has 0 spiro atoms. The summed E-state index contributed by atoms with van der Waals surface area (Å²) in [5.41, 5.74) is 3.78. The molecule has 21 heteroatoms. The van der Waals surface area contributed by atoms with Crippen LogP contribution in [0.5, 0.6) is 0 Å². The standard InChI is InChI=1S/C75H112N8O13/c1-17-50(6)68(60(94-15)42-65(88)82-40-26-33-59(82)69(95-16)52(8)70(89)78-57(73(92)93)41-53-27-19-18-20-28-53)81(14)72(91)66(48(2)3)79-71(90)67(49(4)5)80(13)63(86)35-25-34-61(84)77-45-75(11,12)47-96-46-74(9,10)43-62(85)76-39-38-64(87)83-44-55-30-21-23-31-56(55)51(7)36-37-54-29-22-24-32-58(54)83/h18-24,27-32,36-37,48-52,57,59-60,66-69H,17,25-26,33-35,38-47H2,1-16H3,(H,76,85)(H,77,84)(H,78,89)(H,79,90)(H,92,93). The third-order valence-electron chi connectivity index (χ3n) is 18.9. The van der Waals surface area contributed by atoms with Gasteiger partial charge in [0, 0.05) is 85.5 Å². The minimum atomic E-state index is -1.18. The second kappa shape index (κ2) is 37.3. The van der Waals surface area contributed by atoms with Gasteiger partial charge in [0.1, 0.15) is 18.1 Å². The number of allylic oxidation sites excluding steroid dienone is 1. The molecule has 0 saturated carbocycles. The molecule has 0 bridgehead atoms. The van der Waals surface area contributed by atoms with Crippen molar-refractivity contribution in [2.24, 2.45) is 34.5 Å². The zero-order valence-electron chi connectivity index (χ0n) is 60.0. The van der Waals surface area contributed by atoms with Gasteiger partial charge < -0.3 is 60.2 Å². The molecule has 530 valence electrons. The van der Waals surface area contributed by atoms with E-state index in [0.717, 1.165) is 22.4 Å². The number of para-hydroxylation sites is 1. The topological polar surface area (TPSA) is 263 Å². The molecule has 0 radical (unpaired) electrons. The minimum Gasteiger partial charge on any atom is -0.480 e. The van der Waals surface area contributed by atoms with E-state index in [1.54, 1.807) is 55.1 Å². The predicted molar refractivity (Wildman–Crippen MR) is 373 cm³/mol. The van der Waals surface area contributed by atoms with Crippen molar-refractivity contribution in [1.82, 2.24) is 36.0 Å². The van der Waals surface area contributed by atoms with Gasteiger partial charge in [-0.05, 0) is 76.7 Å². The van der Waals surface area contributed by atoms with E-state index in [2.05, 4.69) is 52.5 Å². The molecule has 10 atom stereocenters. The van der Waals surface area contributed by atoms with Crippen molar-refractivity contribution < 1.29 is 62.5 Å². The van der Waals surface area contributed by atoms with E-state index < -0.39 is 82.9 Å². The molecule has 0 aliphatic carbocycles. The van der Waals surface area contributed by atoms with Crippen molar-refractivity contribution in [3.05, 3.63) is 107 Å². The molecular weight excluding hydrogens is 1220 g/mol. The van der Waals surface area contributed by atoms with E-state index in [1.165, 1.54) is 24.7 Å². The van der Waals surface area contributed by atoms with Gasteiger partial charge in [-0.3, -0.25) is 38.4 Å². The third kappa shape index (κ3) is 22.8. The second-order valence-electron chi connectivity index (χ2n) is 28.7. The first-order valence-electron chi connectivity index (χ1n) is 34.4. The molecule has 0 aromatic heterocycles. The number of carbonyl (C=O) groups excluding carboxylic acids is 8. The lowest BCUT2D eigenvalue weighted by atomic mass is 9.89. The zero-order valence-corrected chi connectivity index (χ0v) is 60.0. The summed E-state index contributed by atoms with van der Waals surface area (Å²) in [5.74, 6) is -5.25. The molecule has 96 heavy (non-hydrogen) atoms. The van der Waals surface area contributed by atoms with Crippen LogP contribution in [0.2, 0.25) is 0 Å². The monoisotopic (exact) mass is 1330 g/mol. The Morgan fingerprint density at radius 1 is 0.729 bits per heavy atom. The fraction of sp³-hybridized carbons (Fsp3) is 0.613. The Balaban J connectivity index is 1.08. The Morgan fingerprint density at radius 3 is 2.03 bits per heavy atom. The molecule has 3 aromatic rings. The summed E-state index contributed by atoms with van der Waals surface area (Å²) in [6.45, 7) is 24.8. The van der Waals surface area contributed by atoms with Crippen molar-refractivity contribution in [1.29, 1.82) is 0 Å². The number of aliphatic carboxylic acids is 1. The number of hydrogen-bond acceptors (Lipinski definition) is 12. The van der Waals surface area contributed by atoms with Crippen LogP contribution in [0.4, 0.5) is 5.69 Å². The number of methoxy groups -OCH3 is 2. The molecule has 8 amide bonds. The van der Waals surface area contributed by atoms with Crippen LogP contribution in [0, 0.1) is 34.5 Å². The van der Waals surface area contributed by atoms with Crippen LogP contribution in [0.1, 0.15) is 169 Å². The maximum absolute atomic E-state index is 14.8. The first-order chi connectivity index (χ1) is 45.3. The summed E-state index contributed by atoms with van der Waals surface area (Å²) in [7, 11) is 6.17. The number of anilines is 1. The van der Waals surface area contributed by atoms with Gasteiger partial charge in [0.2, 0.25) is 47.3 Å². The Bertz CT molecular complexity index is 3110. The number of carboxylic acids is 1. The summed E-state index contributed by atoms with van der Waals surface area (Å²) in [5, 5.41) is 21.6. The van der Waals surface area contributed by atoms with Gasteiger partial charge in [-0.25, -0.2) is 4.79 Å². The highest BCUT2D eigenvalue weighted by atomic mass is 16.5. The van der Waals surface area contributed by atoms with E-state index in [9.17, 15) is 48.3 Å². The molecule has 10 unspecified atom stereocenters. The maximum Gasteiger partial charge on any atom is 0.326 e. The normalized spacial score (nSPS) is 17.4. The highest BCUT2D eigenvalue weighted by molar-refractivity contribution is 5.96. The molecule has 1 fully saturated rings. The number of carboxylic acid groups (broad SMARTS) is 1. The van der Waals surface area contributed by atoms with Gasteiger partial charge in [-0.2, -0.15) is 0 Å². The number of amides is 8. The fourth-order valence-electron chi connectivity index (χ4n) is 13.2. The lowest BCUT2D eigenvalue weighted by Crippen LogP contribution is -2.60. The number of nitrogens with zero attached hydrogens (tertiary/aromatic N) is 4. The number of likely N-dealkylation sites (tertiary alicyclic amines) is 1. The van der Waals surface area contributed by atoms with Crippen LogP contribution < -0.4 is 26.2 Å². The number of nitrogens with one attached hydrogen (secondary N) is 4. The number of rotatable bonds is 36. The molecule has 2 aliphatic rings. The van der Waals surface area contributed by atoms with Crippen LogP contribution in [0.25, 0.3) is 6.08 Å². The molecule has 5 N–H and O–H groups in total. The third-order valence-corrected chi connectivity index (χ3v) is 18.9. The van der Waals surface area contributed by atoms with Gasteiger partial charge in [0.05, 0.1) is 62.1 Å². The van der Waals surface area contributed by atoms with Crippen molar-refractivity contribution >= 4 is 65.0 Å². The minimum absolute atomic E-state index is 0.00482. The largest absolute Gasteiger partial charge is 0.480 e. The first-order valence-corrected chi connectivity index (χ1v) is 34.4. The highest BCUT2D eigenvalue weighted by Crippen LogP contribution is 2.33. The van der Waals surface area contributed by atoms with Gasteiger partial charge in [-0.1, -0.05) is 174 Å². The number of ether oxygens (including phenoxy) is 3. The average molecular weight is 1330 g/mol. The zero-order chi connectivity index (χ0) is 71.2. The van der Waals surface area contributed by atoms with E-state index in [0.29, 0.717) is 45.5 Å². The van der Waals surface area contributed by atoms with Crippen molar-refractivity contribution in [3.63, 3.8) is 0 Å². The maximum atomic E-state index is 14.8. The molecule has 2 aliphatic heterocycles. The average Bonchev–Trinajstić information content (AvgIpc) is 1.08. The summed E-state index contributed by atoms with van der Waals surface area (Å²) in [6.07, 6.45) is 5.10. The number of benzene rings is 3. The Labute approximate surface area is 570 Å². The number of fused-ring (bicyclic) bond motifs is 2. The lowest BCUT2D eigenvalue weighted by molar-refractivity contribution is -0.149. The summed E-state index contributed by atoms with van der Waals surface area (Å²) in [6, 6.07) is 20.8. The lowest BCUT2D eigenvalue weighted by Gasteiger charge is -2.41. The summed E-state index contributed by atoms with van der Waals surface area (Å²) in [4.78, 5) is 130. The van der Waals surface area contributed by atoms with Gasteiger partial charge in [0.15, 0.2) is 0 Å². The van der Waals surface area contributed by atoms with Crippen LogP contribution in [-0.4, -0.2) is 177 Å². The Kier molecular flexibility index (Phi) is 30.8. The van der Waals surface area contributed by atoms with Crippen molar-refractivity contribution in [2.75, 3.05) is 66.1 Å².